The molecule has 0 aromatic heterocycles. The van der Waals surface area contributed by atoms with E-state index in [2.05, 4.69) is 0 Å². The second-order valence-corrected chi connectivity index (χ2v) is 5.05. The third-order valence-electron chi connectivity index (χ3n) is 3.55. The zero-order valence-electron chi connectivity index (χ0n) is 12.0. The van der Waals surface area contributed by atoms with Crippen LogP contribution in [0.15, 0.2) is 48.5 Å². The van der Waals surface area contributed by atoms with Crippen LogP contribution < -0.4 is 0 Å². The summed E-state index contributed by atoms with van der Waals surface area (Å²) in [5, 5.41) is 0. The molecule has 2 nitrogen and oxygen atoms in total. The quantitative estimate of drug-likeness (QED) is 0.783. The van der Waals surface area contributed by atoms with Gasteiger partial charge in [0.2, 0.25) is 0 Å². The molecule has 0 saturated carbocycles. The van der Waals surface area contributed by atoms with Crippen molar-refractivity contribution in [3.63, 3.8) is 0 Å². The van der Waals surface area contributed by atoms with Gasteiger partial charge in [-0.3, -0.25) is 9.69 Å². The Kier molecular flexibility index (Phi) is 4.81. The average Bonchev–Trinajstić information content (AvgIpc) is 2.49. The standard InChI is InChI=1S/C17H17F2NO/c1-12(17(21)13-7-9-15(18)10-8-13)20(2)11-14-5-3-4-6-16(14)19/h3-10,12H,11H2,1-2H3. The maximum atomic E-state index is 13.6. The first kappa shape index (κ1) is 15.3. The first-order valence-corrected chi connectivity index (χ1v) is 6.72. The summed E-state index contributed by atoms with van der Waals surface area (Å²) in [5.74, 6) is -0.779. The number of carbonyl (C=O) groups is 1. The van der Waals surface area contributed by atoms with E-state index in [0.717, 1.165) is 0 Å². The van der Waals surface area contributed by atoms with Crippen LogP contribution in [0.3, 0.4) is 0 Å². The maximum Gasteiger partial charge on any atom is 0.179 e. The number of hydrogen-bond acceptors (Lipinski definition) is 2. The number of carbonyl (C=O) groups excluding carboxylic acids is 1. The number of ketones is 1. The van der Waals surface area contributed by atoms with Crippen LogP contribution in [-0.4, -0.2) is 23.8 Å². The largest absolute Gasteiger partial charge is 0.292 e. The second-order valence-electron chi connectivity index (χ2n) is 5.05. The van der Waals surface area contributed by atoms with Gasteiger partial charge in [0.05, 0.1) is 6.04 Å². The molecular formula is C17H17F2NO. The van der Waals surface area contributed by atoms with Gasteiger partial charge in [-0.15, -0.1) is 0 Å². The van der Waals surface area contributed by atoms with Gasteiger partial charge in [-0.05, 0) is 44.3 Å². The van der Waals surface area contributed by atoms with Crippen LogP contribution in [0, 0.1) is 11.6 Å². The molecule has 2 aromatic carbocycles. The Morgan fingerprint density at radius 1 is 1.10 bits per heavy atom. The first-order valence-electron chi connectivity index (χ1n) is 6.72. The van der Waals surface area contributed by atoms with Crippen LogP contribution in [0.25, 0.3) is 0 Å². The van der Waals surface area contributed by atoms with Crippen molar-refractivity contribution in [3.8, 4) is 0 Å². The normalized spacial score (nSPS) is 12.4. The molecule has 110 valence electrons. The lowest BCUT2D eigenvalue weighted by atomic mass is 10.0. The SMILES string of the molecule is CC(C(=O)c1ccc(F)cc1)N(C)Cc1ccccc1F. The van der Waals surface area contributed by atoms with Gasteiger partial charge in [-0.1, -0.05) is 18.2 Å². The van der Waals surface area contributed by atoms with Crippen LogP contribution >= 0.6 is 0 Å². The smallest absolute Gasteiger partial charge is 0.179 e. The number of hydrogen-bond donors (Lipinski definition) is 0. The van der Waals surface area contributed by atoms with Crippen molar-refractivity contribution >= 4 is 5.78 Å². The number of likely N-dealkylation sites (N-methyl/N-ethyl adjacent to an activating group) is 1. The third-order valence-corrected chi connectivity index (χ3v) is 3.55. The summed E-state index contributed by atoms with van der Waals surface area (Å²) in [7, 11) is 1.76. The highest BCUT2D eigenvalue weighted by Crippen LogP contribution is 2.14. The summed E-state index contributed by atoms with van der Waals surface area (Å²) in [6, 6.07) is 11.5. The minimum Gasteiger partial charge on any atom is -0.292 e. The molecule has 21 heavy (non-hydrogen) atoms. The highest BCUT2D eigenvalue weighted by Gasteiger charge is 2.20. The number of Topliss-reactive ketones (excluding diaryl/α,β-unsaturated/α-hetero) is 1. The Morgan fingerprint density at radius 3 is 2.33 bits per heavy atom. The fourth-order valence-corrected chi connectivity index (χ4v) is 2.09. The minimum absolute atomic E-state index is 0.117. The molecule has 0 bridgehead atoms. The van der Waals surface area contributed by atoms with E-state index < -0.39 is 6.04 Å². The second kappa shape index (κ2) is 6.59. The van der Waals surface area contributed by atoms with E-state index in [-0.39, 0.29) is 17.4 Å². The zero-order chi connectivity index (χ0) is 15.4. The molecule has 1 atom stereocenters. The van der Waals surface area contributed by atoms with Crippen molar-refractivity contribution in [2.75, 3.05) is 7.05 Å². The van der Waals surface area contributed by atoms with E-state index in [4.69, 9.17) is 0 Å². The lowest BCUT2D eigenvalue weighted by molar-refractivity contribution is 0.0861. The third kappa shape index (κ3) is 3.73. The van der Waals surface area contributed by atoms with E-state index in [0.29, 0.717) is 17.7 Å². The van der Waals surface area contributed by atoms with Gasteiger partial charge in [0.1, 0.15) is 11.6 Å². The van der Waals surface area contributed by atoms with E-state index in [1.807, 2.05) is 0 Å². The summed E-state index contributed by atoms with van der Waals surface area (Å²) in [6.07, 6.45) is 0. The fourth-order valence-electron chi connectivity index (χ4n) is 2.09. The molecule has 0 aliphatic carbocycles. The van der Waals surface area contributed by atoms with Gasteiger partial charge < -0.3 is 0 Å². The summed E-state index contributed by atoms with van der Waals surface area (Å²) in [4.78, 5) is 14.1. The molecular weight excluding hydrogens is 272 g/mol. The molecule has 0 aliphatic rings. The number of benzene rings is 2. The predicted octanol–water partition coefficient (Wildman–Crippen LogP) is 3.67. The molecule has 0 fully saturated rings. The molecule has 0 spiro atoms. The number of halogens is 2. The summed E-state index contributed by atoms with van der Waals surface area (Å²) >= 11 is 0. The lowest BCUT2D eigenvalue weighted by Crippen LogP contribution is -2.35. The Balaban J connectivity index is 2.08. The highest BCUT2D eigenvalue weighted by atomic mass is 19.1. The first-order chi connectivity index (χ1) is 9.99. The molecule has 4 heteroatoms. The Morgan fingerprint density at radius 2 is 1.71 bits per heavy atom. The van der Waals surface area contributed by atoms with Crippen LogP contribution in [0.4, 0.5) is 8.78 Å². The summed E-state index contributed by atoms with van der Waals surface area (Å²) in [6.45, 7) is 2.09. The van der Waals surface area contributed by atoms with Crippen molar-refractivity contribution in [2.45, 2.75) is 19.5 Å². The number of rotatable bonds is 5. The molecule has 2 aromatic rings. The van der Waals surface area contributed by atoms with Gasteiger partial charge >= 0.3 is 0 Å². The fraction of sp³-hybridized carbons (Fsp3) is 0.235. The Bertz CT molecular complexity index is 625. The van der Waals surface area contributed by atoms with Crippen LogP contribution in [0.5, 0.6) is 0 Å². The Hall–Kier alpha value is -2.07. The summed E-state index contributed by atoms with van der Waals surface area (Å²) < 4.78 is 26.5. The van der Waals surface area contributed by atoms with E-state index in [1.54, 1.807) is 37.1 Å². The minimum atomic E-state index is -0.421. The topological polar surface area (TPSA) is 20.3 Å². The van der Waals surface area contributed by atoms with E-state index in [1.165, 1.54) is 30.3 Å². The molecule has 2 rings (SSSR count). The predicted molar refractivity (Wildman–Crippen MR) is 78.1 cm³/mol. The van der Waals surface area contributed by atoms with E-state index in [9.17, 15) is 13.6 Å². The molecule has 0 N–H and O–H groups in total. The molecule has 0 amide bonds. The lowest BCUT2D eigenvalue weighted by Gasteiger charge is -2.23. The van der Waals surface area contributed by atoms with Crippen molar-refractivity contribution in [1.82, 2.24) is 4.90 Å². The maximum absolute atomic E-state index is 13.6. The van der Waals surface area contributed by atoms with Crippen LogP contribution in [0.1, 0.15) is 22.8 Å². The van der Waals surface area contributed by atoms with Crippen molar-refractivity contribution in [2.24, 2.45) is 0 Å². The van der Waals surface area contributed by atoms with Gasteiger partial charge in [0.25, 0.3) is 0 Å². The van der Waals surface area contributed by atoms with Gasteiger partial charge in [-0.2, -0.15) is 0 Å². The highest BCUT2D eigenvalue weighted by molar-refractivity contribution is 5.99. The van der Waals surface area contributed by atoms with Gasteiger partial charge in [0, 0.05) is 17.7 Å². The van der Waals surface area contributed by atoms with Crippen molar-refractivity contribution < 1.29 is 13.6 Å². The zero-order valence-corrected chi connectivity index (χ0v) is 12.0. The van der Waals surface area contributed by atoms with Crippen molar-refractivity contribution in [3.05, 3.63) is 71.3 Å². The molecule has 0 radical (unpaired) electrons. The molecule has 0 saturated heterocycles. The van der Waals surface area contributed by atoms with Crippen LogP contribution in [-0.2, 0) is 6.54 Å². The monoisotopic (exact) mass is 289 g/mol. The molecule has 0 aliphatic heterocycles. The van der Waals surface area contributed by atoms with Gasteiger partial charge in [-0.25, -0.2) is 8.78 Å². The summed E-state index contributed by atoms with van der Waals surface area (Å²) in [5.41, 5.74) is 0.989. The van der Waals surface area contributed by atoms with Gasteiger partial charge in [0.15, 0.2) is 5.78 Å². The Labute approximate surface area is 123 Å². The average molecular weight is 289 g/mol. The van der Waals surface area contributed by atoms with Crippen molar-refractivity contribution in [1.29, 1.82) is 0 Å². The molecule has 1 unspecified atom stereocenters. The van der Waals surface area contributed by atoms with Crippen LogP contribution in [0.2, 0.25) is 0 Å². The van der Waals surface area contributed by atoms with E-state index >= 15 is 0 Å². The number of nitrogens with zero attached hydrogens (tertiary/aromatic N) is 1. The molecule has 0 heterocycles.